The van der Waals surface area contributed by atoms with Crippen LogP contribution in [0.25, 0.3) is 0 Å². The molecule has 0 aromatic rings. The molecule has 0 unspecified atom stereocenters. The summed E-state index contributed by atoms with van der Waals surface area (Å²) in [5.74, 6) is 1.98. The minimum Gasteiger partial charge on any atom is -0.411 e. The van der Waals surface area contributed by atoms with Gasteiger partial charge in [0.1, 0.15) is 0 Å². The van der Waals surface area contributed by atoms with Crippen molar-refractivity contribution in [1.29, 1.82) is 0 Å². The summed E-state index contributed by atoms with van der Waals surface area (Å²) >= 11 is 0. The zero-order chi connectivity index (χ0) is 16.7. The fraction of sp³-hybridized carbons (Fsp3) is 0.875. The molecule has 1 rings (SSSR count). The lowest BCUT2D eigenvalue weighted by atomic mass is 9.89. The fourth-order valence-electron chi connectivity index (χ4n) is 1.90. The van der Waals surface area contributed by atoms with E-state index in [0.717, 1.165) is 0 Å². The van der Waals surface area contributed by atoms with Crippen LogP contribution < -0.4 is 0 Å². The third kappa shape index (κ3) is 4.44. The van der Waals surface area contributed by atoms with E-state index in [2.05, 4.69) is 74.6 Å². The molecule has 0 radical (unpaired) electrons. The maximum absolute atomic E-state index is 6.31. The molecule has 1 heterocycles. The maximum Gasteiger partial charge on any atom is 0.486 e. The standard InChI is InChI=1S/C16H33BO3Si/c1-13(18-21(9,10)14(2,3)4)11-12-17-19-15(5,6)16(7,8)20-17/h11-13H,1-10H3/b12-11+/t13-/m0/s1. The Labute approximate surface area is 132 Å². The Hall–Kier alpha value is -0.0982. The van der Waals surface area contributed by atoms with Gasteiger partial charge in [-0.25, -0.2) is 0 Å². The van der Waals surface area contributed by atoms with Gasteiger partial charge in [0.15, 0.2) is 8.32 Å². The van der Waals surface area contributed by atoms with E-state index >= 15 is 0 Å². The second-order valence-electron chi connectivity index (χ2n) is 8.59. The zero-order valence-corrected chi connectivity index (χ0v) is 16.5. The Kier molecular flexibility index (Phi) is 5.27. The Morgan fingerprint density at radius 2 is 1.48 bits per heavy atom. The molecule has 0 aromatic carbocycles. The van der Waals surface area contributed by atoms with Crippen LogP contribution >= 0.6 is 0 Å². The average molecular weight is 312 g/mol. The molecule has 3 nitrogen and oxygen atoms in total. The first kappa shape index (κ1) is 18.9. The highest BCUT2D eigenvalue weighted by Crippen LogP contribution is 2.38. The highest BCUT2D eigenvalue weighted by Gasteiger charge is 2.50. The second kappa shape index (κ2) is 5.84. The van der Waals surface area contributed by atoms with Gasteiger partial charge in [-0.05, 0) is 52.8 Å². The first-order chi connectivity index (χ1) is 9.18. The summed E-state index contributed by atoms with van der Waals surface area (Å²) in [6, 6.07) is 0. The van der Waals surface area contributed by atoms with Gasteiger partial charge in [-0.3, -0.25) is 0 Å². The van der Waals surface area contributed by atoms with Gasteiger partial charge < -0.3 is 13.7 Å². The Morgan fingerprint density at radius 1 is 1.05 bits per heavy atom. The van der Waals surface area contributed by atoms with Crippen molar-refractivity contribution in [1.82, 2.24) is 0 Å². The Morgan fingerprint density at radius 3 is 1.86 bits per heavy atom. The lowest BCUT2D eigenvalue weighted by Crippen LogP contribution is -2.43. The van der Waals surface area contributed by atoms with E-state index in [9.17, 15) is 0 Å². The smallest absolute Gasteiger partial charge is 0.411 e. The number of hydrogen-bond acceptors (Lipinski definition) is 3. The van der Waals surface area contributed by atoms with Crippen LogP contribution in [0.15, 0.2) is 12.1 Å². The van der Waals surface area contributed by atoms with Crippen molar-refractivity contribution in [3.63, 3.8) is 0 Å². The van der Waals surface area contributed by atoms with Gasteiger partial charge in [0.25, 0.3) is 0 Å². The summed E-state index contributed by atoms with van der Waals surface area (Å²) in [4.78, 5) is 0. The minimum atomic E-state index is -1.73. The van der Waals surface area contributed by atoms with Crippen LogP contribution in [0.2, 0.25) is 18.1 Å². The fourth-order valence-corrected chi connectivity index (χ4v) is 3.26. The molecule has 21 heavy (non-hydrogen) atoms. The summed E-state index contributed by atoms with van der Waals surface area (Å²) < 4.78 is 18.2. The topological polar surface area (TPSA) is 27.7 Å². The molecule has 0 aromatic heterocycles. The zero-order valence-electron chi connectivity index (χ0n) is 15.5. The van der Waals surface area contributed by atoms with E-state index in [4.69, 9.17) is 13.7 Å². The summed E-state index contributed by atoms with van der Waals surface area (Å²) in [5.41, 5.74) is -0.572. The SMILES string of the molecule is C[C@@H](/C=C/B1OC(C)(C)C(C)(C)O1)O[Si](C)(C)C(C)(C)C. The summed E-state index contributed by atoms with van der Waals surface area (Å²) in [5, 5.41) is 0.222. The predicted molar refractivity (Wildman–Crippen MR) is 93.0 cm³/mol. The molecule has 5 heteroatoms. The largest absolute Gasteiger partial charge is 0.486 e. The van der Waals surface area contributed by atoms with Gasteiger partial charge in [0, 0.05) is 0 Å². The highest BCUT2D eigenvalue weighted by molar-refractivity contribution is 6.74. The van der Waals surface area contributed by atoms with E-state index in [1.807, 2.05) is 5.98 Å². The Balaban J connectivity index is 2.63. The van der Waals surface area contributed by atoms with Gasteiger partial charge in [-0.15, -0.1) is 0 Å². The van der Waals surface area contributed by atoms with Crippen molar-refractivity contribution >= 4 is 15.4 Å². The van der Waals surface area contributed by atoms with Crippen LogP contribution in [0.4, 0.5) is 0 Å². The molecule has 1 fully saturated rings. The molecule has 0 spiro atoms. The Bertz CT molecular complexity index is 381. The summed E-state index contributed by atoms with van der Waals surface area (Å²) in [6.45, 7) is 21.7. The first-order valence-electron chi connectivity index (χ1n) is 7.90. The third-order valence-corrected chi connectivity index (χ3v) is 9.67. The van der Waals surface area contributed by atoms with Gasteiger partial charge >= 0.3 is 7.12 Å². The normalized spacial score (nSPS) is 23.8. The molecule has 122 valence electrons. The van der Waals surface area contributed by atoms with Gasteiger partial charge in [-0.1, -0.05) is 32.8 Å². The quantitative estimate of drug-likeness (QED) is 0.711. The average Bonchev–Trinajstić information content (AvgIpc) is 2.42. The molecule has 0 N–H and O–H groups in total. The maximum atomic E-state index is 6.31. The van der Waals surface area contributed by atoms with E-state index in [-0.39, 0.29) is 29.5 Å². The monoisotopic (exact) mass is 312 g/mol. The van der Waals surface area contributed by atoms with Crippen molar-refractivity contribution in [3.8, 4) is 0 Å². The van der Waals surface area contributed by atoms with E-state index in [0.29, 0.717) is 0 Å². The molecular weight excluding hydrogens is 279 g/mol. The lowest BCUT2D eigenvalue weighted by Gasteiger charge is -2.37. The molecule has 0 saturated carbocycles. The lowest BCUT2D eigenvalue weighted by molar-refractivity contribution is 0.00578. The number of rotatable bonds is 4. The molecule has 1 aliphatic heterocycles. The molecule has 1 saturated heterocycles. The van der Waals surface area contributed by atoms with Crippen LogP contribution in [-0.2, 0) is 13.7 Å². The van der Waals surface area contributed by atoms with Crippen molar-refractivity contribution in [2.24, 2.45) is 0 Å². The van der Waals surface area contributed by atoms with E-state index < -0.39 is 8.32 Å². The van der Waals surface area contributed by atoms with Gasteiger partial charge in [0.2, 0.25) is 0 Å². The van der Waals surface area contributed by atoms with Crippen LogP contribution in [0, 0.1) is 0 Å². The molecule has 1 atom stereocenters. The van der Waals surface area contributed by atoms with Crippen molar-refractivity contribution < 1.29 is 13.7 Å². The van der Waals surface area contributed by atoms with Crippen LogP contribution in [-0.4, -0.2) is 32.7 Å². The van der Waals surface area contributed by atoms with Crippen molar-refractivity contribution in [2.75, 3.05) is 0 Å². The van der Waals surface area contributed by atoms with E-state index in [1.165, 1.54) is 0 Å². The molecule has 0 amide bonds. The van der Waals surface area contributed by atoms with Crippen LogP contribution in [0.1, 0.15) is 55.4 Å². The summed E-state index contributed by atoms with van der Waals surface area (Å²) in [6.07, 6.45) is 2.13. The molecule has 0 bridgehead atoms. The first-order valence-corrected chi connectivity index (χ1v) is 10.8. The minimum absolute atomic E-state index is 0.0740. The molecule has 1 aliphatic rings. The van der Waals surface area contributed by atoms with Crippen molar-refractivity contribution in [3.05, 3.63) is 12.1 Å². The molecule has 0 aliphatic carbocycles. The number of hydrogen-bond donors (Lipinski definition) is 0. The van der Waals surface area contributed by atoms with Crippen LogP contribution in [0.3, 0.4) is 0 Å². The van der Waals surface area contributed by atoms with Crippen LogP contribution in [0.5, 0.6) is 0 Å². The predicted octanol–water partition coefficient (Wildman–Crippen LogP) is 4.58. The molecular formula is C16H33BO3Si. The van der Waals surface area contributed by atoms with Gasteiger partial charge in [-0.2, -0.15) is 0 Å². The van der Waals surface area contributed by atoms with Crippen molar-refractivity contribution in [2.45, 2.75) is 90.8 Å². The highest BCUT2D eigenvalue weighted by atomic mass is 28.4. The third-order valence-electron chi connectivity index (χ3n) is 5.10. The van der Waals surface area contributed by atoms with E-state index in [1.54, 1.807) is 0 Å². The second-order valence-corrected chi connectivity index (χ2v) is 13.3. The summed E-state index contributed by atoms with van der Waals surface area (Å²) in [7, 11) is -2.03. The van der Waals surface area contributed by atoms with Gasteiger partial charge in [0.05, 0.1) is 17.3 Å².